The van der Waals surface area contributed by atoms with E-state index < -0.39 is 0 Å². The number of halogens is 1. The van der Waals surface area contributed by atoms with E-state index >= 15 is 0 Å². The van der Waals surface area contributed by atoms with Crippen LogP contribution in [0.1, 0.15) is 57.4 Å². The molecule has 2 aromatic rings. The van der Waals surface area contributed by atoms with Crippen molar-refractivity contribution in [3.8, 4) is 0 Å². The highest BCUT2D eigenvalue weighted by molar-refractivity contribution is 5.82. The second kappa shape index (κ2) is 7.08. The molecule has 0 saturated carbocycles. The van der Waals surface area contributed by atoms with Crippen molar-refractivity contribution in [3.05, 3.63) is 35.3 Å². The fourth-order valence-corrected chi connectivity index (χ4v) is 2.69. The van der Waals surface area contributed by atoms with Gasteiger partial charge in [-0.1, -0.05) is 20.8 Å². The largest absolute Gasteiger partial charge is 0.459 e. The molecule has 2 rings (SSSR count). The molecule has 1 N–H and O–H groups in total. The summed E-state index contributed by atoms with van der Waals surface area (Å²) in [4.78, 5) is 0. The fourth-order valence-electron chi connectivity index (χ4n) is 2.69. The van der Waals surface area contributed by atoms with Gasteiger partial charge < -0.3 is 9.73 Å². The zero-order valence-electron chi connectivity index (χ0n) is 13.5. The average molecular weight is 291 g/mol. The Bertz CT molecular complexity index is 588. The number of hydrogen-bond acceptors (Lipinski definition) is 2. The Balaban J connectivity index is 2.31. The molecular weight excluding hydrogens is 265 g/mol. The summed E-state index contributed by atoms with van der Waals surface area (Å²) in [7, 11) is 0. The lowest BCUT2D eigenvalue weighted by Crippen LogP contribution is -2.22. The first kappa shape index (κ1) is 16.0. The van der Waals surface area contributed by atoms with Crippen LogP contribution in [0.4, 0.5) is 4.39 Å². The van der Waals surface area contributed by atoms with E-state index in [0.29, 0.717) is 5.92 Å². The number of benzene rings is 1. The summed E-state index contributed by atoms with van der Waals surface area (Å²) in [6, 6.07) is 4.96. The molecule has 0 saturated heterocycles. The Morgan fingerprint density at radius 3 is 2.67 bits per heavy atom. The lowest BCUT2D eigenvalue weighted by Gasteiger charge is -2.18. The molecule has 0 fully saturated rings. The normalized spacial score (nSPS) is 13.2. The molecule has 0 aliphatic heterocycles. The molecule has 1 atom stereocenters. The third-order valence-corrected chi connectivity index (χ3v) is 3.93. The van der Waals surface area contributed by atoms with Gasteiger partial charge in [-0.25, -0.2) is 4.39 Å². The summed E-state index contributed by atoms with van der Waals surface area (Å²) in [5.74, 6) is 1.42. The molecule has 1 aromatic carbocycles. The van der Waals surface area contributed by atoms with E-state index in [1.54, 1.807) is 12.1 Å². The first-order valence-corrected chi connectivity index (χ1v) is 7.94. The molecule has 0 bridgehead atoms. The van der Waals surface area contributed by atoms with Crippen LogP contribution >= 0.6 is 0 Å². The van der Waals surface area contributed by atoms with Crippen LogP contribution in [0, 0.1) is 18.7 Å². The molecule has 0 amide bonds. The Hall–Kier alpha value is -1.35. The third kappa shape index (κ3) is 3.85. The number of nitrogens with one attached hydrogen (secondary N) is 1. The minimum Gasteiger partial charge on any atom is -0.459 e. The quantitative estimate of drug-likeness (QED) is 0.743. The van der Waals surface area contributed by atoms with E-state index in [2.05, 4.69) is 26.1 Å². The summed E-state index contributed by atoms with van der Waals surface area (Å²) in [6.45, 7) is 9.62. The van der Waals surface area contributed by atoms with E-state index in [4.69, 9.17) is 4.42 Å². The van der Waals surface area contributed by atoms with Crippen LogP contribution in [0.5, 0.6) is 0 Å². The number of rotatable bonds is 7. The van der Waals surface area contributed by atoms with Gasteiger partial charge in [0, 0.05) is 10.9 Å². The van der Waals surface area contributed by atoms with Crippen LogP contribution in [0.25, 0.3) is 11.0 Å². The van der Waals surface area contributed by atoms with Crippen LogP contribution in [0.3, 0.4) is 0 Å². The molecule has 0 aliphatic rings. The van der Waals surface area contributed by atoms with Gasteiger partial charge in [0.15, 0.2) is 0 Å². The minimum absolute atomic E-state index is 0.210. The molecule has 0 spiro atoms. The van der Waals surface area contributed by atoms with E-state index in [9.17, 15) is 4.39 Å². The predicted molar refractivity (Wildman–Crippen MR) is 86.0 cm³/mol. The highest BCUT2D eigenvalue weighted by Gasteiger charge is 2.20. The Morgan fingerprint density at radius 1 is 1.24 bits per heavy atom. The summed E-state index contributed by atoms with van der Waals surface area (Å²) in [6.07, 6.45) is 3.28. The Kier molecular flexibility index (Phi) is 5.40. The van der Waals surface area contributed by atoms with Crippen molar-refractivity contribution >= 4 is 11.0 Å². The topological polar surface area (TPSA) is 25.2 Å². The smallest absolute Gasteiger partial charge is 0.134 e. The van der Waals surface area contributed by atoms with Gasteiger partial charge >= 0.3 is 0 Å². The highest BCUT2D eigenvalue weighted by Crippen LogP contribution is 2.32. The van der Waals surface area contributed by atoms with Crippen LogP contribution in [0.15, 0.2) is 22.6 Å². The zero-order valence-corrected chi connectivity index (χ0v) is 13.5. The van der Waals surface area contributed by atoms with Gasteiger partial charge in [0.2, 0.25) is 0 Å². The van der Waals surface area contributed by atoms with E-state index in [1.807, 2.05) is 6.92 Å². The van der Waals surface area contributed by atoms with Gasteiger partial charge in [0.1, 0.15) is 17.2 Å². The van der Waals surface area contributed by atoms with Gasteiger partial charge in [-0.15, -0.1) is 0 Å². The fraction of sp³-hybridized carbons (Fsp3) is 0.556. The molecule has 0 aliphatic carbocycles. The van der Waals surface area contributed by atoms with Crippen LogP contribution < -0.4 is 5.32 Å². The summed E-state index contributed by atoms with van der Waals surface area (Å²) in [5, 5.41) is 4.46. The van der Waals surface area contributed by atoms with E-state index in [0.717, 1.165) is 48.1 Å². The first-order chi connectivity index (χ1) is 10.0. The van der Waals surface area contributed by atoms with Crippen molar-refractivity contribution in [1.82, 2.24) is 5.32 Å². The first-order valence-electron chi connectivity index (χ1n) is 7.94. The molecule has 2 nitrogen and oxygen atoms in total. The molecule has 3 heteroatoms. The van der Waals surface area contributed by atoms with E-state index in [1.165, 1.54) is 6.07 Å². The van der Waals surface area contributed by atoms with Crippen molar-refractivity contribution in [2.24, 2.45) is 5.92 Å². The van der Waals surface area contributed by atoms with Gasteiger partial charge in [0.05, 0.1) is 6.04 Å². The lowest BCUT2D eigenvalue weighted by molar-refractivity contribution is 0.380. The molecule has 1 heterocycles. The average Bonchev–Trinajstić information content (AvgIpc) is 2.76. The maximum Gasteiger partial charge on any atom is 0.134 e. The molecule has 0 radical (unpaired) electrons. The van der Waals surface area contributed by atoms with Crippen molar-refractivity contribution in [3.63, 3.8) is 0 Å². The Labute approximate surface area is 126 Å². The van der Waals surface area contributed by atoms with Gasteiger partial charge in [-0.05, 0) is 56.8 Å². The zero-order chi connectivity index (χ0) is 15.4. The highest BCUT2D eigenvalue weighted by atomic mass is 19.1. The van der Waals surface area contributed by atoms with Gasteiger partial charge in [0.25, 0.3) is 0 Å². The molecule has 116 valence electrons. The number of hydrogen-bond donors (Lipinski definition) is 1. The molecular formula is C18H26FNO. The molecule has 1 unspecified atom stereocenters. The predicted octanol–water partition coefficient (Wildman–Crippen LogP) is 5.36. The molecule has 21 heavy (non-hydrogen) atoms. The summed E-state index contributed by atoms with van der Waals surface area (Å²) in [5.41, 5.74) is 1.83. The minimum atomic E-state index is -0.210. The van der Waals surface area contributed by atoms with Crippen molar-refractivity contribution < 1.29 is 8.81 Å². The number of fused-ring (bicyclic) bond motifs is 1. The van der Waals surface area contributed by atoms with Crippen LogP contribution in [0.2, 0.25) is 0 Å². The van der Waals surface area contributed by atoms with Crippen molar-refractivity contribution in [1.29, 1.82) is 0 Å². The summed E-state index contributed by atoms with van der Waals surface area (Å²) >= 11 is 0. The maximum absolute atomic E-state index is 13.4. The standard InChI is InChI=1S/C18H26FNO/c1-5-10-20-16(8-6-12(2)3)18-13(4)15-11-14(19)7-9-17(15)21-18/h7,9,11-12,16,20H,5-6,8,10H2,1-4H3. The third-order valence-electron chi connectivity index (χ3n) is 3.93. The van der Waals surface area contributed by atoms with E-state index in [-0.39, 0.29) is 11.9 Å². The van der Waals surface area contributed by atoms with Crippen LogP contribution in [-0.4, -0.2) is 6.54 Å². The lowest BCUT2D eigenvalue weighted by atomic mass is 9.99. The monoisotopic (exact) mass is 291 g/mol. The Morgan fingerprint density at radius 2 is 2.00 bits per heavy atom. The SMILES string of the molecule is CCCNC(CCC(C)C)c1oc2ccc(F)cc2c1C. The second-order valence-electron chi connectivity index (χ2n) is 6.21. The van der Waals surface area contributed by atoms with Crippen LogP contribution in [-0.2, 0) is 0 Å². The number of furan rings is 1. The van der Waals surface area contributed by atoms with Gasteiger partial charge in [-0.3, -0.25) is 0 Å². The van der Waals surface area contributed by atoms with Crippen molar-refractivity contribution in [2.75, 3.05) is 6.54 Å². The van der Waals surface area contributed by atoms with Gasteiger partial charge in [-0.2, -0.15) is 0 Å². The maximum atomic E-state index is 13.4. The van der Waals surface area contributed by atoms with Crippen molar-refractivity contribution in [2.45, 2.75) is 53.0 Å². The second-order valence-corrected chi connectivity index (χ2v) is 6.21. The summed E-state index contributed by atoms with van der Waals surface area (Å²) < 4.78 is 19.4. The molecule has 1 aromatic heterocycles. The number of aryl methyl sites for hydroxylation is 1.